The normalized spacial score (nSPS) is 24.5. The van der Waals surface area contributed by atoms with Gasteiger partial charge in [-0.3, -0.25) is 4.79 Å². The average molecular weight is 458 g/mol. The second-order valence-electron chi connectivity index (χ2n) is 9.97. The Hall–Kier alpha value is -2.47. The molecule has 0 spiro atoms. The number of carbonyl (C=O) groups excluding carboxylic acids is 2. The number of Topliss-reactive ketones (excluding diaryl/α,β-unsaturated/α-hetero) is 1. The number of dihydropyridines is 1. The summed E-state index contributed by atoms with van der Waals surface area (Å²) in [5.74, 6) is 0.167. The summed E-state index contributed by atoms with van der Waals surface area (Å²) in [4.78, 5) is 26.9. The van der Waals surface area contributed by atoms with E-state index in [0.29, 0.717) is 45.3 Å². The first-order valence-electron chi connectivity index (χ1n) is 11.3. The van der Waals surface area contributed by atoms with E-state index in [1.165, 1.54) is 0 Å². The van der Waals surface area contributed by atoms with E-state index < -0.39 is 5.92 Å². The minimum Gasteiger partial charge on any atom is -0.459 e. The maximum absolute atomic E-state index is 13.4. The summed E-state index contributed by atoms with van der Waals surface area (Å²) in [5.41, 5.74) is 3.12. The average Bonchev–Trinajstić information content (AvgIpc) is 3.36. The molecule has 2 aliphatic carbocycles. The third-order valence-corrected chi connectivity index (χ3v) is 7.17. The van der Waals surface area contributed by atoms with Crippen LogP contribution >= 0.6 is 11.6 Å². The van der Waals surface area contributed by atoms with E-state index in [-0.39, 0.29) is 30.1 Å². The molecule has 5 rings (SSSR count). The van der Waals surface area contributed by atoms with Crippen molar-refractivity contribution in [3.8, 4) is 11.5 Å². The molecule has 0 aromatic heterocycles. The number of esters is 1. The maximum Gasteiger partial charge on any atom is 0.337 e. The van der Waals surface area contributed by atoms with Crippen LogP contribution in [0.4, 0.5) is 0 Å². The standard InChI is InChI=1S/C25H28ClNO5/c1-13-21(24(29)32-14-6-4-5-7-14)22(15-8-19-20(9-16(15)26)31-12-30-19)23-17(27-13)10-25(2,3)11-18(23)28/h8-9,14,22,27H,4-7,10-12H2,1-3H3. The quantitative estimate of drug-likeness (QED) is 0.632. The maximum atomic E-state index is 13.4. The highest BCUT2D eigenvalue weighted by Crippen LogP contribution is 2.50. The molecule has 1 fully saturated rings. The van der Waals surface area contributed by atoms with Crippen LogP contribution in [0.3, 0.4) is 0 Å². The first kappa shape index (κ1) is 21.4. The van der Waals surface area contributed by atoms with E-state index >= 15 is 0 Å². The number of benzene rings is 1. The highest BCUT2D eigenvalue weighted by Gasteiger charge is 2.44. The molecule has 6 nitrogen and oxygen atoms in total. The van der Waals surface area contributed by atoms with Crippen LogP contribution in [0.25, 0.3) is 0 Å². The number of halogens is 1. The molecular formula is C25H28ClNO5. The van der Waals surface area contributed by atoms with Gasteiger partial charge < -0.3 is 19.5 Å². The van der Waals surface area contributed by atoms with Crippen LogP contribution in [-0.2, 0) is 14.3 Å². The Kier molecular flexibility index (Phi) is 5.24. The molecule has 2 aliphatic heterocycles. The number of allylic oxidation sites excluding steroid dienone is 3. The van der Waals surface area contributed by atoms with Crippen molar-refractivity contribution in [2.24, 2.45) is 5.41 Å². The Morgan fingerprint density at radius 3 is 2.56 bits per heavy atom. The van der Waals surface area contributed by atoms with Crippen molar-refractivity contribution < 1.29 is 23.8 Å². The lowest BCUT2D eigenvalue weighted by Gasteiger charge is -2.39. The number of hydrogen-bond acceptors (Lipinski definition) is 6. The number of ketones is 1. The zero-order chi connectivity index (χ0) is 22.6. The molecule has 7 heteroatoms. The van der Waals surface area contributed by atoms with Crippen molar-refractivity contribution in [1.82, 2.24) is 5.32 Å². The Labute approximate surface area is 192 Å². The van der Waals surface area contributed by atoms with Crippen LogP contribution in [0, 0.1) is 5.41 Å². The van der Waals surface area contributed by atoms with Gasteiger partial charge in [-0.25, -0.2) is 4.79 Å². The summed E-state index contributed by atoms with van der Waals surface area (Å²) in [5, 5.41) is 3.81. The third kappa shape index (κ3) is 3.68. The van der Waals surface area contributed by atoms with E-state index in [9.17, 15) is 9.59 Å². The van der Waals surface area contributed by atoms with Crippen molar-refractivity contribution in [1.29, 1.82) is 0 Å². The lowest BCUT2D eigenvalue weighted by atomic mass is 9.68. The summed E-state index contributed by atoms with van der Waals surface area (Å²) >= 11 is 6.70. The van der Waals surface area contributed by atoms with Crippen LogP contribution in [-0.4, -0.2) is 24.6 Å². The van der Waals surface area contributed by atoms with E-state index in [4.69, 9.17) is 25.8 Å². The Balaban J connectivity index is 1.63. The molecule has 2 heterocycles. The van der Waals surface area contributed by atoms with Gasteiger partial charge in [-0.15, -0.1) is 0 Å². The van der Waals surface area contributed by atoms with Gasteiger partial charge in [0.25, 0.3) is 0 Å². The van der Waals surface area contributed by atoms with Crippen molar-refractivity contribution in [2.75, 3.05) is 6.79 Å². The first-order valence-corrected chi connectivity index (χ1v) is 11.7. The van der Waals surface area contributed by atoms with Gasteiger partial charge in [0.1, 0.15) is 6.10 Å². The molecule has 1 unspecified atom stereocenters. The molecule has 170 valence electrons. The van der Waals surface area contributed by atoms with Gasteiger partial charge in [-0.2, -0.15) is 0 Å². The fourth-order valence-electron chi connectivity index (χ4n) is 5.39. The predicted molar refractivity (Wildman–Crippen MR) is 120 cm³/mol. The van der Waals surface area contributed by atoms with Crippen LogP contribution in [0.15, 0.2) is 34.7 Å². The number of hydrogen-bond donors (Lipinski definition) is 1. The van der Waals surface area contributed by atoms with Crippen molar-refractivity contribution in [2.45, 2.75) is 71.3 Å². The van der Waals surface area contributed by atoms with Gasteiger partial charge in [-0.1, -0.05) is 25.4 Å². The highest BCUT2D eigenvalue weighted by molar-refractivity contribution is 6.32. The molecule has 1 aromatic rings. The van der Waals surface area contributed by atoms with Crippen LogP contribution in [0.2, 0.25) is 5.02 Å². The van der Waals surface area contributed by atoms with Crippen molar-refractivity contribution >= 4 is 23.4 Å². The molecule has 0 radical (unpaired) electrons. The summed E-state index contributed by atoms with van der Waals surface area (Å²) < 4.78 is 16.9. The van der Waals surface area contributed by atoms with Gasteiger partial charge in [0.05, 0.1) is 5.57 Å². The van der Waals surface area contributed by atoms with Crippen LogP contribution in [0.5, 0.6) is 11.5 Å². The monoisotopic (exact) mass is 457 g/mol. The molecular weight excluding hydrogens is 430 g/mol. The van der Waals surface area contributed by atoms with Crippen LogP contribution in [0.1, 0.15) is 70.8 Å². The van der Waals surface area contributed by atoms with Gasteiger partial charge in [0.15, 0.2) is 17.3 Å². The van der Waals surface area contributed by atoms with Gasteiger partial charge in [0.2, 0.25) is 6.79 Å². The second-order valence-corrected chi connectivity index (χ2v) is 10.4. The Bertz CT molecular complexity index is 1060. The molecule has 1 N–H and O–H groups in total. The van der Waals surface area contributed by atoms with E-state index in [0.717, 1.165) is 37.8 Å². The number of carbonyl (C=O) groups is 2. The smallest absolute Gasteiger partial charge is 0.337 e. The van der Waals surface area contributed by atoms with E-state index in [1.807, 2.05) is 6.92 Å². The van der Waals surface area contributed by atoms with Crippen molar-refractivity contribution in [3.05, 3.63) is 45.3 Å². The summed E-state index contributed by atoms with van der Waals surface area (Å²) in [7, 11) is 0. The lowest BCUT2D eigenvalue weighted by molar-refractivity contribution is -0.144. The van der Waals surface area contributed by atoms with E-state index in [1.54, 1.807) is 12.1 Å². The van der Waals surface area contributed by atoms with Crippen LogP contribution < -0.4 is 14.8 Å². The zero-order valence-electron chi connectivity index (χ0n) is 18.7. The van der Waals surface area contributed by atoms with Gasteiger partial charge in [-0.05, 0) is 56.1 Å². The highest BCUT2D eigenvalue weighted by atomic mass is 35.5. The zero-order valence-corrected chi connectivity index (χ0v) is 19.4. The number of fused-ring (bicyclic) bond motifs is 1. The largest absolute Gasteiger partial charge is 0.459 e. The molecule has 0 bridgehead atoms. The molecule has 0 saturated heterocycles. The fourth-order valence-corrected chi connectivity index (χ4v) is 5.66. The summed E-state index contributed by atoms with van der Waals surface area (Å²) in [6.45, 7) is 6.16. The van der Waals surface area contributed by atoms with Gasteiger partial charge >= 0.3 is 5.97 Å². The Morgan fingerprint density at radius 1 is 1.16 bits per heavy atom. The molecule has 1 saturated carbocycles. The second kappa shape index (κ2) is 7.84. The number of ether oxygens (including phenoxy) is 3. The first-order chi connectivity index (χ1) is 15.2. The summed E-state index contributed by atoms with van der Waals surface area (Å²) in [6, 6.07) is 3.50. The minimum absolute atomic E-state index is 0.0288. The van der Waals surface area contributed by atoms with Gasteiger partial charge in [0, 0.05) is 40.4 Å². The minimum atomic E-state index is -0.606. The fraction of sp³-hybridized carbons (Fsp3) is 0.520. The predicted octanol–water partition coefficient (Wildman–Crippen LogP) is 5.16. The molecule has 1 aromatic carbocycles. The number of rotatable bonds is 3. The van der Waals surface area contributed by atoms with E-state index in [2.05, 4.69) is 19.2 Å². The topological polar surface area (TPSA) is 73.9 Å². The molecule has 1 atom stereocenters. The summed E-state index contributed by atoms with van der Waals surface area (Å²) in [6.07, 6.45) is 4.94. The Morgan fingerprint density at radius 2 is 1.84 bits per heavy atom. The molecule has 32 heavy (non-hydrogen) atoms. The van der Waals surface area contributed by atoms with Crippen molar-refractivity contribution in [3.63, 3.8) is 0 Å². The molecule has 0 amide bonds. The number of nitrogens with one attached hydrogen (secondary N) is 1. The molecule has 4 aliphatic rings. The SMILES string of the molecule is CC1=C(C(=O)OC2CCCC2)C(c2cc3c(cc2Cl)OCO3)C2=C(CC(C)(C)CC2=O)N1. The third-order valence-electron chi connectivity index (χ3n) is 6.84. The lowest BCUT2D eigenvalue weighted by Crippen LogP contribution is -2.39.